The third-order valence-corrected chi connectivity index (χ3v) is 5.62. The Morgan fingerprint density at radius 1 is 1.38 bits per heavy atom. The van der Waals surface area contributed by atoms with Gasteiger partial charge in [0.2, 0.25) is 0 Å². The minimum Gasteiger partial charge on any atom is -0.337 e. The molecule has 0 radical (unpaired) electrons. The summed E-state index contributed by atoms with van der Waals surface area (Å²) in [5, 5.41) is 1.03. The summed E-state index contributed by atoms with van der Waals surface area (Å²) in [5.41, 5.74) is 7.87. The van der Waals surface area contributed by atoms with Crippen LogP contribution in [0.4, 0.5) is 0 Å². The van der Waals surface area contributed by atoms with E-state index in [0.29, 0.717) is 12.5 Å². The lowest BCUT2D eigenvalue weighted by Crippen LogP contribution is -2.32. The van der Waals surface area contributed by atoms with E-state index < -0.39 is 0 Å². The molecule has 1 aliphatic heterocycles. The van der Waals surface area contributed by atoms with Crippen LogP contribution in [-0.2, 0) is 0 Å². The van der Waals surface area contributed by atoms with E-state index in [1.165, 1.54) is 12.8 Å². The maximum absolute atomic E-state index is 12.7. The van der Waals surface area contributed by atoms with Gasteiger partial charge in [0, 0.05) is 24.7 Å². The molecular weight excluding hydrogens is 282 g/mol. The molecule has 2 N–H and O–H groups in total. The zero-order valence-electron chi connectivity index (χ0n) is 12.1. The number of hydrogen-bond acceptors (Lipinski definition) is 4. The lowest BCUT2D eigenvalue weighted by atomic mass is 9.99. The van der Waals surface area contributed by atoms with Crippen LogP contribution >= 0.6 is 11.3 Å². The summed E-state index contributed by atoms with van der Waals surface area (Å²) < 4.78 is 1.14. The van der Waals surface area contributed by atoms with Gasteiger partial charge in [-0.2, -0.15) is 0 Å². The Morgan fingerprint density at radius 2 is 2.19 bits per heavy atom. The van der Waals surface area contributed by atoms with E-state index in [2.05, 4.69) is 4.98 Å². The van der Waals surface area contributed by atoms with E-state index in [0.717, 1.165) is 33.3 Å². The molecule has 0 spiro atoms. The molecule has 2 aliphatic rings. The molecule has 2 fully saturated rings. The van der Waals surface area contributed by atoms with E-state index in [-0.39, 0.29) is 11.9 Å². The van der Waals surface area contributed by atoms with Crippen LogP contribution in [0.1, 0.15) is 28.2 Å². The van der Waals surface area contributed by atoms with E-state index >= 15 is 0 Å². The first kappa shape index (κ1) is 13.2. The Labute approximate surface area is 128 Å². The van der Waals surface area contributed by atoms with Gasteiger partial charge in [-0.15, -0.1) is 11.3 Å². The lowest BCUT2D eigenvalue weighted by molar-refractivity contribution is 0.0785. The van der Waals surface area contributed by atoms with Gasteiger partial charge >= 0.3 is 0 Å². The van der Waals surface area contributed by atoms with Gasteiger partial charge in [-0.05, 0) is 49.8 Å². The number of aromatic nitrogens is 1. The number of rotatable bonds is 2. The zero-order chi connectivity index (χ0) is 14.6. The second-order valence-electron chi connectivity index (χ2n) is 6.29. The quantitative estimate of drug-likeness (QED) is 0.926. The SMILES string of the molecule is Cc1nc2cc(C(=O)N3CC(N)C(C4CC4)C3)ccc2s1. The number of aryl methyl sites for hydroxylation is 1. The number of carbonyl (C=O) groups excluding carboxylic acids is 1. The number of thiazole rings is 1. The van der Waals surface area contributed by atoms with E-state index in [4.69, 9.17) is 5.73 Å². The highest BCUT2D eigenvalue weighted by Crippen LogP contribution is 2.41. The second-order valence-corrected chi connectivity index (χ2v) is 7.53. The Hall–Kier alpha value is -1.46. The second kappa shape index (κ2) is 4.78. The summed E-state index contributed by atoms with van der Waals surface area (Å²) >= 11 is 1.66. The first-order valence-corrected chi connectivity index (χ1v) is 8.35. The first-order valence-electron chi connectivity index (χ1n) is 7.54. The molecular formula is C16H19N3OS. The normalized spacial score (nSPS) is 25.7. The van der Waals surface area contributed by atoms with Crippen molar-refractivity contribution >= 4 is 27.5 Å². The minimum absolute atomic E-state index is 0.0983. The molecule has 1 aromatic heterocycles. The monoisotopic (exact) mass is 301 g/mol. The van der Waals surface area contributed by atoms with Crippen molar-refractivity contribution in [1.82, 2.24) is 9.88 Å². The number of hydrogen-bond donors (Lipinski definition) is 1. The fourth-order valence-electron chi connectivity index (χ4n) is 3.40. The fraction of sp³-hybridized carbons (Fsp3) is 0.500. The Morgan fingerprint density at radius 3 is 2.95 bits per heavy atom. The smallest absolute Gasteiger partial charge is 0.253 e. The highest BCUT2D eigenvalue weighted by Gasteiger charge is 2.42. The molecule has 2 aromatic rings. The number of fused-ring (bicyclic) bond motifs is 1. The van der Waals surface area contributed by atoms with Gasteiger partial charge in [0.05, 0.1) is 15.2 Å². The number of nitrogens with zero attached hydrogens (tertiary/aromatic N) is 2. The van der Waals surface area contributed by atoms with Crippen LogP contribution in [0.15, 0.2) is 18.2 Å². The predicted molar refractivity (Wildman–Crippen MR) is 84.4 cm³/mol. The molecule has 110 valence electrons. The maximum atomic E-state index is 12.7. The van der Waals surface area contributed by atoms with E-state index in [1.54, 1.807) is 11.3 Å². The fourth-order valence-corrected chi connectivity index (χ4v) is 4.21. The average molecular weight is 301 g/mol. The van der Waals surface area contributed by atoms with Crippen molar-refractivity contribution in [2.45, 2.75) is 25.8 Å². The molecule has 2 heterocycles. The van der Waals surface area contributed by atoms with Crippen molar-refractivity contribution < 1.29 is 4.79 Å². The van der Waals surface area contributed by atoms with Gasteiger partial charge in [-0.1, -0.05) is 0 Å². The Kier molecular flexibility index (Phi) is 3.01. The molecule has 2 unspecified atom stereocenters. The van der Waals surface area contributed by atoms with Gasteiger partial charge in [-0.3, -0.25) is 4.79 Å². The highest BCUT2D eigenvalue weighted by atomic mass is 32.1. The van der Waals surface area contributed by atoms with Crippen LogP contribution in [0, 0.1) is 18.8 Å². The van der Waals surface area contributed by atoms with Crippen LogP contribution in [0.3, 0.4) is 0 Å². The van der Waals surface area contributed by atoms with Gasteiger partial charge in [-0.25, -0.2) is 4.98 Å². The third kappa shape index (κ3) is 2.34. The summed E-state index contributed by atoms with van der Waals surface area (Å²) in [6.07, 6.45) is 2.56. The highest BCUT2D eigenvalue weighted by molar-refractivity contribution is 7.18. The molecule has 1 aliphatic carbocycles. The lowest BCUT2D eigenvalue weighted by Gasteiger charge is -2.16. The molecule has 21 heavy (non-hydrogen) atoms. The van der Waals surface area contributed by atoms with Crippen molar-refractivity contribution in [3.8, 4) is 0 Å². The minimum atomic E-state index is 0.0983. The standard InChI is InChI=1S/C16H19N3OS/c1-9-18-14-6-11(4-5-15(14)21-9)16(20)19-7-12(10-2-3-10)13(17)8-19/h4-6,10,12-13H,2-3,7-8,17H2,1H3. The number of amides is 1. The third-order valence-electron chi connectivity index (χ3n) is 4.67. The van der Waals surface area contributed by atoms with E-state index in [9.17, 15) is 4.79 Å². The van der Waals surface area contributed by atoms with Crippen LogP contribution in [-0.4, -0.2) is 34.9 Å². The molecule has 1 saturated carbocycles. The van der Waals surface area contributed by atoms with Crippen molar-refractivity contribution in [2.24, 2.45) is 17.6 Å². The van der Waals surface area contributed by atoms with Gasteiger partial charge < -0.3 is 10.6 Å². The Balaban J connectivity index is 1.58. The first-order chi connectivity index (χ1) is 10.1. The molecule has 5 heteroatoms. The topological polar surface area (TPSA) is 59.2 Å². The maximum Gasteiger partial charge on any atom is 0.253 e. The van der Waals surface area contributed by atoms with Crippen LogP contribution in [0.5, 0.6) is 0 Å². The van der Waals surface area contributed by atoms with Gasteiger partial charge in [0.25, 0.3) is 5.91 Å². The average Bonchev–Trinajstić information content (AvgIpc) is 3.12. The van der Waals surface area contributed by atoms with Crippen molar-refractivity contribution in [3.05, 3.63) is 28.8 Å². The summed E-state index contributed by atoms with van der Waals surface area (Å²) in [7, 11) is 0. The zero-order valence-corrected chi connectivity index (χ0v) is 12.9. The number of carbonyl (C=O) groups is 1. The molecule has 1 amide bonds. The van der Waals surface area contributed by atoms with E-state index in [1.807, 2.05) is 30.0 Å². The molecule has 2 atom stereocenters. The van der Waals surface area contributed by atoms with Crippen LogP contribution < -0.4 is 5.73 Å². The van der Waals surface area contributed by atoms with Gasteiger partial charge in [0.1, 0.15) is 0 Å². The predicted octanol–water partition coefficient (Wildman–Crippen LogP) is 2.41. The molecule has 1 aromatic carbocycles. The molecule has 4 nitrogen and oxygen atoms in total. The summed E-state index contributed by atoms with van der Waals surface area (Å²) in [5.74, 6) is 1.35. The summed E-state index contributed by atoms with van der Waals surface area (Å²) in [6.45, 7) is 3.50. The Bertz CT molecular complexity index is 707. The molecule has 4 rings (SSSR count). The summed E-state index contributed by atoms with van der Waals surface area (Å²) in [6, 6.07) is 5.98. The largest absolute Gasteiger partial charge is 0.337 e. The molecule has 1 saturated heterocycles. The number of likely N-dealkylation sites (tertiary alicyclic amines) is 1. The van der Waals surface area contributed by atoms with Crippen molar-refractivity contribution in [1.29, 1.82) is 0 Å². The van der Waals surface area contributed by atoms with Crippen molar-refractivity contribution in [3.63, 3.8) is 0 Å². The number of nitrogens with two attached hydrogens (primary N) is 1. The molecule has 0 bridgehead atoms. The van der Waals surface area contributed by atoms with Crippen LogP contribution in [0.2, 0.25) is 0 Å². The van der Waals surface area contributed by atoms with Crippen molar-refractivity contribution in [2.75, 3.05) is 13.1 Å². The summed E-state index contributed by atoms with van der Waals surface area (Å²) in [4.78, 5) is 19.1. The number of benzene rings is 1. The van der Waals surface area contributed by atoms with Crippen LogP contribution in [0.25, 0.3) is 10.2 Å². The van der Waals surface area contributed by atoms with Gasteiger partial charge in [0.15, 0.2) is 0 Å².